The van der Waals surface area contributed by atoms with Crippen LogP contribution in [-0.4, -0.2) is 111 Å². The van der Waals surface area contributed by atoms with Gasteiger partial charge in [-0.3, -0.25) is 24.3 Å². The molecule has 0 spiro atoms. The number of allylic oxidation sites excluding steroid dienone is 1. The molecule has 19 nitrogen and oxygen atoms in total. The van der Waals surface area contributed by atoms with Crippen molar-refractivity contribution in [2.75, 3.05) is 59.4 Å². The molecule has 372 valence electrons. The summed E-state index contributed by atoms with van der Waals surface area (Å²) in [6.07, 6.45) is 3.28. The van der Waals surface area contributed by atoms with Crippen LogP contribution in [0.25, 0.3) is 0 Å². The van der Waals surface area contributed by atoms with Crippen LogP contribution in [0.2, 0.25) is 10.3 Å². The molecule has 2 fully saturated rings. The highest BCUT2D eigenvalue weighted by Crippen LogP contribution is 2.38. The maximum atomic E-state index is 14.3. The summed E-state index contributed by atoms with van der Waals surface area (Å²) >= 11 is 17.5. The molecule has 2 aliphatic rings. The van der Waals surface area contributed by atoms with Crippen molar-refractivity contribution >= 4 is 89.5 Å². The third-order valence-corrected chi connectivity index (χ3v) is 10.5. The number of nitrogens with zero attached hydrogens (tertiary/aromatic N) is 5. The smallest absolute Gasteiger partial charge is 0.427 e. The number of carboxylic acid groups (broad SMARTS) is 1. The summed E-state index contributed by atoms with van der Waals surface area (Å²) in [5.74, 6) is -1.59. The van der Waals surface area contributed by atoms with Crippen LogP contribution in [0.3, 0.4) is 0 Å². The lowest BCUT2D eigenvalue weighted by Crippen LogP contribution is -2.43. The number of carbonyl (C=O) groups excluding carboxylic acids is 3. The second kappa shape index (κ2) is 28.6. The molecule has 3 amide bonds. The molecule has 5 rings (SSSR count). The van der Waals surface area contributed by atoms with Crippen LogP contribution < -0.4 is 30.5 Å². The van der Waals surface area contributed by atoms with Gasteiger partial charge in [-0.25, -0.2) is 14.1 Å². The summed E-state index contributed by atoms with van der Waals surface area (Å²) in [5.41, 5.74) is 3.52. The first-order chi connectivity index (χ1) is 31.5. The normalized spacial score (nSPS) is 13.9. The number of halogens is 4. The van der Waals surface area contributed by atoms with Crippen LogP contribution in [0, 0.1) is 12.7 Å². The van der Waals surface area contributed by atoms with Crippen molar-refractivity contribution in [3.8, 4) is 5.75 Å². The number of ether oxygens (including phenoxy) is 3. The first-order valence-corrected chi connectivity index (χ1v) is 24.3. The minimum absolute atomic E-state index is 0.00962. The number of aromatic nitrogens is 3. The zero-order chi connectivity index (χ0) is 50.6. The number of aryl methyl sites for hydroxylation is 2. The van der Waals surface area contributed by atoms with Gasteiger partial charge in [0.1, 0.15) is 17.4 Å². The van der Waals surface area contributed by atoms with Gasteiger partial charge in [0.05, 0.1) is 48.0 Å². The Labute approximate surface area is 405 Å². The van der Waals surface area contributed by atoms with Crippen LogP contribution in [-0.2, 0) is 34.8 Å². The highest BCUT2D eigenvalue weighted by Gasteiger charge is 2.40. The molecular weight excluding hydrogens is 961 g/mol. The quantitative estimate of drug-likeness (QED) is 0.0422. The molecule has 1 saturated carbocycles. The molecule has 3 aromatic rings. The summed E-state index contributed by atoms with van der Waals surface area (Å²) in [7, 11) is -2.46. The van der Waals surface area contributed by atoms with Crippen LogP contribution in [0.1, 0.15) is 85.3 Å². The number of para-hydroxylation sites is 1. The van der Waals surface area contributed by atoms with E-state index in [2.05, 4.69) is 43.9 Å². The van der Waals surface area contributed by atoms with Gasteiger partial charge in [-0.1, -0.05) is 36.7 Å². The molecule has 67 heavy (non-hydrogen) atoms. The van der Waals surface area contributed by atoms with Gasteiger partial charge in [0, 0.05) is 25.8 Å². The van der Waals surface area contributed by atoms with Crippen molar-refractivity contribution in [3.63, 3.8) is 0 Å². The second-order valence-electron chi connectivity index (χ2n) is 15.5. The predicted octanol–water partition coefficient (Wildman–Crippen LogP) is 8.31. The van der Waals surface area contributed by atoms with Gasteiger partial charge in [-0.2, -0.15) is 15.0 Å². The number of hydrogen-bond donors (Lipinski definition) is 6. The third kappa shape index (κ3) is 19.5. The van der Waals surface area contributed by atoms with E-state index in [1.54, 1.807) is 25.9 Å². The van der Waals surface area contributed by atoms with Crippen LogP contribution in [0.5, 0.6) is 5.75 Å². The first-order valence-electron chi connectivity index (χ1n) is 21.2. The number of methoxy groups -OCH3 is 1. The number of aliphatic carboxylic acids is 1. The zero-order valence-corrected chi connectivity index (χ0v) is 42.2. The molecule has 1 atom stereocenters. The molecule has 1 unspecified atom stereocenters. The van der Waals surface area contributed by atoms with E-state index in [0.717, 1.165) is 61.5 Å². The van der Waals surface area contributed by atoms with E-state index >= 15 is 0 Å². The monoisotopic (exact) mass is 1020 g/mol. The van der Waals surface area contributed by atoms with Crippen molar-refractivity contribution in [1.82, 2.24) is 20.3 Å². The fourth-order valence-electron chi connectivity index (χ4n) is 6.39. The maximum Gasteiger partial charge on any atom is 0.427 e. The SMILES string of the molecule is CC(C)=C1OC(=O)N(c2cc(OC3CCCC3)c(Cl)cc2F)C1=O.CCNc1nc(Cl)nc(NC(C)C)n1.CCc1cccc(C)c1N(C(=O)CCl)C(C)COC.O=C(O)CNCP(=O)(O)O. The van der Waals surface area contributed by atoms with Crippen molar-refractivity contribution in [2.45, 2.75) is 106 Å². The second-order valence-corrected chi connectivity index (χ2v) is 18.1. The summed E-state index contributed by atoms with van der Waals surface area (Å²) in [5, 5.41) is 16.4. The van der Waals surface area contributed by atoms with E-state index in [9.17, 15) is 28.1 Å². The predicted molar refractivity (Wildman–Crippen MR) is 257 cm³/mol. The minimum atomic E-state index is -4.10. The number of rotatable bonds is 17. The average Bonchev–Trinajstić information content (AvgIpc) is 3.86. The standard InChI is InChI=1S/C17H17ClFNO4.C15H22ClNO2.C8H14ClN5.C3H8NO5P/c1-9(2)15-16(21)20(17(22)24-15)13-8-14(11(18)7-12(13)19)23-10-5-3-4-6-10;1-5-13-8-6-7-11(2)15(13)17(14(18)9-16)12(3)10-19-4;1-4-10-7-12-6(9)13-8(14-7)11-5(2)3;5-3(6)1-4-2-10(7,8)9/h7-8,10H,3-6H2,1-2H3;6-8,12H,5,9-10H2,1-4H3;5H,4H2,1-3H3,(H2,10,11,12,13,14);4H,1-2H2,(H,5,6)(H2,7,8,9). The van der Waals surface area contributed by atoms with Crippen molar-refractivity contribution in [1.29, 1.82) is 0 Å². The molecule has 24 heteroatoms. The fraction of sp³-hybridized carbons (Fsp3) is 0.512. The number of hydrogen-bond acceptors (Lipinski definition) is 14. The van der Waals surface area contributed by atoms with Crippen LogP contribution >= 0.6 is 42.4 Å². The van der Waals surface area contributed by atoms with Gasteiger partial charge < -0.3 is 44.6 Å². The Morgan fingerprint density at radius 2 is 1.70 bits per heavy atom. The molecular formula is C43H61Cl3FN8O11P. The Kier molecular flexibility index (Phi) is 25.0. The lowest BCUT2D eigenvalue weighted by molar-refractivity contribution is -0.135. The first kappa shape index (κ1) is 58.5. The average molecular weight is 1020 g/mol. The fourth-order valence-corrected chi connectivity index (χ4v) is 7.28. The van der Waals surface area contributed by atoms with Gasteiger partial charge in [0.15, 0.2) is 5.76 Å². The van der Waals surface area contributed by atoms with E-state index in [0.29, 0.717) is 29.0 Å². The zero-order valence-electron chi connectivity index (χ0n) is 39.0. The number of carboxylic acids is 1. The Hall–Kier alpha value is -4.66. The van der Waals surface area contributed by atoms with E-state index in [4.69, 9.17) is 63.9 Å². The molecule has 0 radical (unpaired) electrons. The Morgan fingerprint density at radius 1 is 1.06 bits per heavy atom. The highest BCUT2D eigenvalue weighted by molar-refractivity contribution is 7.51. The number of nitrogens with one attached hydrogen (secondary N) is 3. The number of benzene rings is 2. The van der Waals surface area contributed by atoms with Gasteiger partial charge in [0.25, 0.3) is 0 Å². The number of imide groups is 1. The number of alkyl halides is 1. The number of anilines is 4. The van der Waals surface area contributed by atoms with E-state index < -0.39 is 44.2 Å². The number of amides is 3. The van der Waals surface area contributed by atoms with Gasteiger partial charge in [0.2, 0.25) is 23.1 Å². The summed E-state index contributed by atoms with van der Waals surface area (Å²) in [4.78, 5) is 77.1. The highest BCUT2D eigenvalue weighted by atomic mass is 35.5. The van der Waals surface area contributed by atoms with Crippen LogP contribution in [0.4, 0.5) is 32.5 Å². The van der Waals surface area contributed by atoms with Gasteiger partial charge >= 0.3 is 25.6 Å². The largest absolute Gasteiger partial charge is 0.489 e. The minimum Gasteiger partial charge on any atom is -0.489 e. The summed E-state index contributed by atoms with van der Waals surface area (Å²) in [6.45, 7) is 16.1. The molecule has 2 aromatic carbocycles. The number of cyclic esters (lactones) is 1. The van der Waals surface area contributed by atoms with Crippen molar-refractivity contribution in [2.24, 2.45) is 0 Å². The Balaban J connectivity index is 0.000000322. The summed E-state index contributed by atoms with van der Waals surface area (Å²) < 4.78 is 40.3. The molecule has 1 aliphatic heterocycles. The molecule has 0 bridgehead atoms. The lowest BCUT2D eigenvalue weighted by atomic mass is 10.0. The van der Waals surface area contributed by atoms with E-state index in [1.807, 2.05) is 46.8 Å². The van der Waals surface area contributed by atoms with E-state index in [1.165, 1.54) is 6.07 Å². The number of carbonyl (C=O) groups is 4. The lowest BCUT2D eigenvalue weighted by Gasteiger charge is -2.31. The summed E-state index contributed by atoms with van der Waals surface area (Å²) in [6, 6.07) is 8.64. The topological polar surface area (TPSA) is 255 Å². The molecule has 1 aliphatic carbocycles. The van der Waals surface area contributed by atoms with E-state index in [-0.39, 0.29) is 57.5 Å². The molecule has 1 aromatic heterocycles. The molecule has 2 heterocycles. The van der Waals surface area contributed by atoms with Crippen LogP contribution in [0.15, 0.2) is 41.7 Å². The Morgan fingerprint density at radius 3 is 2.22 bits per heavy atom. The Bertz CT molecular complexity index is 2230. The maximum absolute atomic E-state index is 14.3. The van der Waals surface area contributed by atoms with Gasteiger partial charge in [-0.15, -0.1) is 11.6 Å². The van der Waals surface area contributed by atoms with Gasteiger partial charge in [-0.05, 0) is 115 Å². The molecule has 6 N–H and O–H groups in total. The molecule has 1 saturated heterocycles. The van der Waals surface area contributed by atoms with Crippen molar-refractivity contribution < 1.29 is 57.2 Å². The van der Waals surface area contributed by atoms with Crippen molar-refractivity contribution in [3.05, 3.63) is 68.9 Å². The third-order valence-electron chi connectivity index (χ3n) is 9.19.